The monoisotopic (exact) mass is 240 g/mol. The van der Waals surface area contributed by atoms with Crippen LogP contribution in [0.5, 0.6) is 5.75 Å². The zero-order chi connectivity index (χ0) is 12.4. The topological polar surface area (TPSA) is 66.8 Å². The lowest BCUT2D eigenvalue weighted by atomic mass is 10.2. The molecule has 17 heavy (non-hydrogen) atoms. The van der Waals surface area contributed by atoms with Gasteiger partial charge in [-0.2, -0.15) is 0 Å². The summed E-state index contributed by atoms with van der Waals surface area (Å²) in [6.45, 7) is 0. The molecule has 0 spiro atoms. The fourth-order valence-electron chi connectivity index (χ4n) is 1.96. The van der Waals surface area contributed by atoms with Crippen molar-refractivity contribution in [1.82, 2.24) is 0 Å². The van der Waals surface area contributed by atoms with Crippen LogP contribution in [-0.4, -0.2) is 28.4 Å². The summed E-state index contributed by atoms with van der Waals surface area (Å²) in [5.41, 5.74) is -0.385. The molecule has 1 aliphatic carbocycles. The average Bonchev–Trinajstić information content (AvgIpc) is 2.64. The van der Waals surface area contributed by atoms with E-state index in [-0.39, 0.29) is 17.4 Å². The standard InChI is InChI=1S/C12H13FO4/c13-9-6-7(4-5-8(9)12(15)16)17-11-3-1-2-10(11)14/h4-6,10-11,14H,1-3H2,(H,15,16). The Bertz CT molecular complexity index is 433. The Labute approximate surface area is 97.6 Å². The molecule has 0 aliphatic heterocycles. The summed E-state index contributed by atoms with van der Waals surface area (Å²) < 4.78 is 18.8. The Kier molecular flexibility index (Phi) is 3.28. The molecule has 1 fully saturated rings. The average molecular weight is 240 g/mol. The molecule has 5 heteroatoms. The van der Waals surface area contributed by atoms with Crippen molar-refractivity contribution in [3.8, 4) is 5.75 Å². The van der Waals surface area contributed by atoms with Gasteiger partial charge in [0, 0.05) is 6.07 Å². The summed E-state index contributed by atoms with van der Waals surface area (Å²) >= 11 is 0. The van der Waals surface area contributed by atoms with Crippen molar-refractivity contribution < 1.29 is 24.1 Å². The Morgan fingerprint density at radius 1 is 1.41 bits per heavy atom. The summed E-state index contributed by atoms with van der Waals surface area (Å²) in [5.74, 6) is -1.89. The van der Waals surface area contributed by atoms with Crippen LogP contribution in [0.1, 0.15) is 29.6 Å². The number of aromatic carboxylic acids is 1. The zero-order valence-corrected chi connectivity index (χ0v) is 9.10. The second-order valence-electron chi connectivity index (χ2n) is 4.10. The molecule has 0 radical (unpaired) electrons. The van der Waals surface area contributed by atoms with E-state index in [0.29, 0.717) is 6.42 Å². The molecule has 2 N–H and O–H groups in total. The van der Waals surface area contributed by atoms with Crippen LogP contribution < -0.4 is 4.74 Å². The van der Waals surface area contributed by atoms with Crippen molar-refractivity contribution in [2.75, 3.05) is 0 Å². The quantitative estimate of drug-likeness (QED) is 0.845. The molecule has 0 amide bonds. The SMILES string of the molecule is O=C(O)c1ccc(OC2CCCC2O)cc1F. The fraction of sp³-hybridized carbons (Fsp3) is 0.417. The second kappa shape index (κ2) is 4.71. The number of carboxylic acid groups (broad SMARTS) is 1. The minimum absolute atomic E-state index is 0.249. The van der Waals surface area contributed by atoms with Crippen LogP contribution in [0.3, 0.4) is 0 Å². The predicted molar refractivity (Wildman–Crippen MR) is 57.6 cm³/mol. The lowest BCUT2D eigenvalue weighted by Gasteiger charge is -2.17. The maximum Gasteiger partial charge on any atom is 0.338 e. The zero-order valence-electron chi connectivity index (χ0n) is 9.10. The number of aliphatic hydroxyl groups is 1. The van der Waals surface area contributed by atoms with Gasteiger partial charge in [-0.3, -0.25) is 0 Å². The fourth-order valence-corrected chi connectivity index (χ4v) is 1.96. The molecule has 0 aromatic heterocycles. The number of rotatable bonds is 3. The first kappa shape index (κ1) is 11.9. The maximum atomic E-state index is 13.3. The minimum atomic E-state index is -1.31. The van der Waals surface area contributed by atoms with E-state index in [1.807, 2.05) is 0 Å². The van der Waals surface area contributed by atoms with Crippen LogP contribution in [0.15, 0.2) is 18.2 Å². The number of ether oxygens (including phenoxy) is 1. The van der Waals surface area contributed by atoms with E-state index in [1.165, 1.54) is 6.07 Å². The van der Waals surface area contributed by atoms with Crippen molar-refractivity contribution in [3.63, 3.8) is 0 Å². The van der Waals surface area contributed by atoms with Crippen molar-refractivity contribution in [2.45, 2.75) is 31.5 Å². The smallest absolute Gasteiger partial charge is 0.338 e. The van der Waals surface area contributed by atoms with Gasteiger partial charge in [-0.05, 0) is 31.4 Å². The molecule has 1 aromatic rings. The maximum absolute atomic E-state index is 13.3. The summed E-state index contributed by atoms with van der Waals surface area (Å²) in [4.78, 5) is 10.6. The number of hydrogen-bond donors (Lipinski definition) is 2. The van der Waals surface area contributed by atoms with Gasteiger partial charge in [-0.1, -0.05) is 0 Å². The Morgan fingerprint density at radius 3 is 2.71 bits per heavy atom. The molecule has 0 saturated heterocycles. The van der Waals surface area contributed by atoms with E-state index in [9.17, 15) is 14.3 Å². The van der Waals surface area contributed by atoms with Crippen molar-refractivity contribution in [2.24, 2.45) is 0 Å². The molecular formula is C12H13FO4. The molecule has 4 nitrogen and oxygen atoms in total. The number of benzene rings is 1. The first-order valence-corrected chi connectivity index (χ1v) is 5.45. The van der Waals surface area contributed by atoms with Gasteiger partial charge in [0.05, 0.1) is 11.7 Å². The number of carboxylic acids is 1. The minimum Gasteiger partial charge on any atom is -0.488 e. The van der Waals surface area contributed by atoms with Crippen molar-refractivity contribution in [3.05, 3.63) is 29.6 Å². The van der Waals surface area contributed by atoms with Crippen molar-refractivity contribution in [1.29, 1.82) is 0 Å². The van der Waals surface area contributed by atoms with E-state index in [1.54, 1.807) is 0 Å². The molecule has 2 unspecified atom stereocenters. The molecule has 0 heterocycles. The molecule has 92 valence electrons. The number of aliphatic hydroxyl groups excluding tert-OH is 1. The van der Waals surface area contributed by atoms with Crippen LogP contribution in [-0.2, 0) is 0 Å². The number of halogens is 1. The van der Waals surface area contributed by atoms with E-state index >= 15 is 0 Å². The van der Waals surface area contributed by atoms with Gasteiger partial charge in [0.25, 0.3) is 0 Å². The predicted octanol–water partition coefficient (Wildman–Crippen LogP) is 1.82. The van der Waals surface area contributed by atoms with Gasteiger partial charge >= 0.3 is 5.97 Å². The van der Waals surface area contributed by atoms with Gasteiger partial charge in [0.1, 0.15) is 17.7 Å². The van der Waals surface area contributed by atoms with Crippen LogP contribution in [0.2, 0.25) is 0 Å². The number of carbonyl (C=O) groups is 1. The summed E-state index contributed by atoms with van der Waals surface area (Å²) in [5, 5.41) is 18.2. The lowest BCUT2D eigenvalue weighted by Crippen LogP contribution is -2.25. The second-order valence-corrected chi connectivity index (χ2v) is 4.10. The third kappa shape index (κ3) is 2.55. The largest absolute Gasteiger partial charge is 0.488 e. The molecule has 2 atom stereocenters. The normalized spacial score (nSPS) is 23.6. The number of hydrogen-bond acceptors (Lipinski definition) is 3. The third-order valence-corrected chi connectivity index (χ3v) is 2.88. The molecule has 1 aromatic carbocycles. The molecule has 1 saturated carbocycles. The third-order valence-electron chi connectivity index (χ3n) is 2.88. The van der Waals surface area contributed by atoms with Gasteiger partial charge in [0.2, 0.25) is 0 Å². The highest BCUT2D eigenvalue weighted by Gasteiger charge is 2.27. The van der Waals surface area contributed by atoms with E-state index in [4.69, 9.17) is 9.84 Å². The van der Waals surface area contributed by atoms with E-state index in [2.05, 4.69) is 0 Å². The Hall–Kier alpha value is -1.62. The Balaban J connectivity index is 2.12. The summed E-state index contributed by atoms with van der Waals surface area (Å²) in [7, 11) is 0. The lowest BCUT2D eigenvalue weighted by molar-refractivity contribution is 0.0599. The van der Waals surface area contributed by atoms with Gasteiger partial charge < -0.3 is 14.9 Å². The van der Waals surface area contributed by atoms with Gasteiger partial charge in [-0.25, -0.2) is 9.18 Å². The molecule has 0 bridgehead atoms. The molecule has 2 rings (SSSR count). The van der Waals surface area contributed by atoms with Crippen LogP contribution >= 0.6 is 0 Å². The van der Waals surface area contributed by atoms with E-state index in [0.717, 1.165) is 25.0 Å². The van der Waals surface area contributed by atoms with Crippen LogP contribution in [0.4, 0.5) is 4.39 Å². The van der Waals surface area contributed by atoms with Crippen LogP contribution in [0.25, 0.3) is 0 Å². The highest BCUT2D eigenvalue weighted by Crippen LogP contribution is 2.25. The first-order chi connectivity index (χ1) is 8.08. The van der Waals surface area contributed by atoms with Gasteiger partial charge in [-0.15, -0.1) is 0 Å². The highest BCUT2D eigenvalue weighted by molar-refractivity contribution is 5.88. The highest BCUT2D eigenvalue weighted by atomic mass is 19.1. The van der Waals surface area contributed by atoms with E-state index < -0.39 is 17.9 Å². The Morgan fingerprint density at radius 2 is 2.18 bits per heavy atom. The van der Waals surface area contributed by atoms with Crippen molar-refractivity contribution >= 4 is 5.97 Å². The van der Waals surface area contributed by atoms with Gasteiger partial charge in [0.15, 0.2) is 0 Å². The molecular weight excluding hydrogens is 227 g/mol. The first-order valence-electron chi connectivity index (χ1n) is 5.45. The summed E-state index contributed by atoms with van der Waals surface area (Å²) in [6, 6.07) is 3.60. The summed E-state index contributed by atoms with van der Waals surface area (Å²) in [6.07, 6.45) is 1.42. The van der Waals surface area contributed by atoms with Crippen LogP contribution in [0, 0.1) is 5.82 Å². The molecule has 1 aliphatic rings.